The lowest BCUT2D eigenvalue weighted by atomic mass is 10.2. The molecule has 1 fully saturated rings. The molecule has 0 radical (unpaired) electrons. The third kappa shape index (κ3) is 3.42. The Balaban J connectivity index is 1.61. The Labute approximate surface area is 131 Å². The summed E-state index contributed by atoms with van der Waals surface area (Å²) in [6.45, 7) is 0.945. The van der Waals surface area contributed by atoms with Gasteiger partial charge in [0.2, 0.25) is 5.56 Å². The fraction of sp³-hybridized carbons (Fsp3) is 0.267. The molecular formula is C15H15N5O3. The number of hydrogen-bond acceptors (Lipinski definition) is 5. The van der Waals surface area contributed by atoms with E-state index in [1.165, 1.54) is 36.9 Å². The van der Waals surface area contributed by atoms with Gasteiger partial charge in [0.1, 0.15) is 5.69 Å². The summed E-state index contributed by atoms with van der Waals surface area (Å²) in [6, 6.07) is 2.63. The van der Waals surface area contributed by atoms with Gasteiger partial charge in [0.15, 0.2) is 0 Å². The number of aromatic amines is 1. The first kappa shape index (κ1) is 14.9. The van der Waals surface area contributed by atoms with Crippen LogP contribution in [0.4, 0.5) is 0 Å². The van der Waals surface area contributed by atoms with Gasteiger partial charge in [-0.05, 0) is 12.5 Å². The number of nitrogens with zero attached hydrogens (tertiary/aromatic N) is 3. The number of H-pyrrole nitrogens is 1. The van der Waals surface area contributed by atoms with Crippen LogP contribution in [0, 0.1) is 0 Å². The van der Waals surface area contributed by atoms with Gasteiger partial charge in [-0.15, -0.1) is 0 Å². The van der Waals surface area contributed by atoms with Gasteiger partial charge >= 0.3 is 0 Å². The average molecular weight is 313 g/mol. The Kier molecular flexibility index (Phi) is 4.13. The molecule has 0 spiro atoms. The summed E-state index contributed by atoms with van der Waals surface area (Å²) in [6.07, 6.45) is 6.47. The molecule has 2 amide bonds. The van der Waals surface area contributed by atoms with Crippen LogP contribution in [-0.4, -0.2) is 50.8 Å². The summed E-state index contributed by atoms with van der Waals surface area (Å²) in [5, 5.41) is 2.84. The molecule has 1 unspecified atom stereocenters. The number of carbonyl (C=O) groups excluding carboxylic acids is 2. The van der Waals surface area contributed by atoms with Gasteiger partial charge in [0, 0.05) is 49.4 Å². The molecule has 2 aromatic rings. The van der Waals surface area contributed by atoms with E-state index in [0.29, 0.717) is 25.1 Å². The summed E-state index contributed by atoms with van der Waals surface area (Å²) in [7, 11) is 0. The number of rotatable bonds is 3. The van der Waals surface area contributed by atoms with E-state index in [1.54, 1.807) is 4.90 Å². The lowest BCUT2D eigenvalue weighted by molar-refractivity contribution is 0.0777. The van der Waals surface area contributed by atoms with Crippen molar-refractivity contribution in [1.29, 1.82) is 0 Å². The molecule has 1 atom stereocenters. The van der Waals surface area contributed by atoms with Crippen LogP contribution in [0.3, 0.4) is 0 Å². The van der Waals surface area contributed by atoms with Crippen LogP contribution in [-0.2, 0) is 0 Å². The molecule has 1 saturated heterocycles. The first-order valence-corrected chi connectivity index (χ1v) is 7.18. The molecule has 8 nitrogen and oxygen atoms in total. The molecule has 3 heterocycles. The van der Waals surface area contributed by atoms with E-state index < -0.39 is 0 Å². The van der Waals surface area contributed by atoms with Crippen molar-refractivity contribution in [2.75, 3.05) is 13.1 Å². The molecule has 23 heavy (non-hydrogen) atoms. The van der Waals surface area contributed by atoms with Crippen molar-refractivity contribution in [1.82, 2.24) is 25.2 Å². The van der Waals surface area contributed by atoms with Crippen LogP contribution >= 0.6 is 0 Å². The Morgan fingerprint density at radius 1 is 1.35 bits per heavy atom. The highest BCUT2D eigenvalue weighted by Crippen LogP contribution is 2.12. The summed E-state index contributed by atoms with van der Waals surface area (Å²) < 4.78 is 0. The Bertz CT molecular complexity index is 774. The average Bonchev–Trinajstić information content (AvgIpc) is 3.03. The molecule has 0 bridgehead atoms. The van der Waals surface area contributed by atoms with Gasteiger partial charge in [-0.2, -0.15) is 0 Å². The Hall–Kier alpha value is -3.03. The molecule has 0 saturated carbocycles. The fourth-order valence-electron chi connectivity index (χ4n) is 2.49. The maximum absolute atomic E-state index is 12.3. The summed E-state index contributed by atoms with van der Waals surface area (Å²) >= 11 is 0. The van der Waals surface area contributed by atoms with Crippen molar-refractivity contribution in [3.8, 4) is 0 Å². The largest absolute Gasteiger partial charge is 0.347 e. The number of pyridine rings is 1. The van der Waals surface area contributed by atoms with Crippen molar-refractivity contribution in [2.24, 2.45) is 0 Å². The second kappa shape index (κ2) is 6.39. The minimum absolute atomic E-state index is 0.151. The lowest BCUT2D eigenvalue weighted by Crippen LogP contribution is -2.38. The van der Waals surface area contributed by atoms with Gasteiger partial charge in [0.05, 0.1) is 6.20 Å². The highest BCUT2D eigenvalue weighted by Gasteiger charge is 2.28. The molecule has 118 valence electrons. The standard InChI is InChI=1S/C15H15N5O3/c21-13-7-10(1-3-18-13)14(22)19-11-2-6-20(9-11)15(23)12-8-16-4-5-17-12/h1,3-5,7-8,11H,2,6,9H2,(H,18,21)(H,19,22). The minimum Gasteiger partial charge on any atom is -0.347 e. The maximum Gasteiger partial charge on any atom is 0.274 e. The minimum atomic E-state index is -0.330. The van der Waals surface area contributed by atoms with Crippen LogP contribution in [0.15, 0.2) is 41.7 Å². The first-order chi connectivity index (χ1) is 11.1. The smallest absolute Gasteiger partial charge is 0.274 e. The van der Waals surface area contributed by atoms with Crippen molar-refractivity contribution in [3.05, 3.63) is 58.5 Å². The number of hydrogen-bond donors (Lipinski definition) is 2. The first-order valence-electron chi connectivity index (χ1n) is 7.18. The lowest BCUT2D eigenvalue weighted by Gasteiger charge is -2.16. The molecule has 3 rings (SSSR count). The SMILES string of the molecule is O=C(NC1CCN(C(=O)c2cnccn2)C1)c1cc[nH]c(=O)c1. The van der Waals surface area contributed by atoms with Gasteiger partial charge in [0.25, 0.3) is 11.8 Å². The van der Waals surface area contributed by atoms with Crippen molar-refractivity contribution in [3.63, 3.8) is 0 Å². The predicted octanol–water partition coefficient (Wildman–Crippen LogP) is -0.191. The molecular weight excluding hydrogens is 298 g/mol. The molecule has 1 aliphatic heterocycles. The van der Waals surface area contributed by atoms with E-state index >= 15 is 0 Å². The quantitative estimate of drug-likeness (QED) is 0.816. The number of likely N-dealkylation sites (tertiary alicyclic amines) is 1. The fourth-order valence-corrected chi connectivity index (χ4v) is 2.49. The molecule has 2 aromatic heterocycles. The van der Waals surface area contributed by atoms with E-state index in [1.807, 2.05) is 0 Å². The molecule has 1 aliphatic rings. The highest BCUT2D eigenvalue weighted by atomic mass is 16.2. The number of aromatic nitrogens is 3. The third-order valence-electron chi connectivity index (χ3n) is 3.63. The maximum atomic E-state index is 12.3. The molecule has 0 aliphatic carbocycles. The third-order valence-corrected chi connectivity index (χ3v) is 3.63. The monoisotopic (exact) mass is 313 g/mol. The van der Waals surface area contributed by atoms with Gasteiger partial charge in [-0.25, -0.2) is 4.98 Å². The van der Waals surface area contributed by atoms with E-state index in [-0.39, 0.29) is 29.1 Å². The molecule has 8 heteroatoms. The van der Waals surface area contributed by atoms with Crippen molar-refractivity contribution < 1.29 is 9.59 Å². The number of carbonyl (C=O) groups is 2. The van der Waals surface area contributed by atoms with Gasteiger partial charge < -0.3 is 15.2 Å². The normalized spacial score (nSPS) is 17.0. The second-order valence-corrected chi connectivity index (χ2v) is 5.24. The van der Waals surface area contributed by atoms with Crippen LogP contribution in [0.1, 0.15) is 27.3 Å². The zero-order valence-electron chi connectivity index (χ0n) is 12.2. The summed E-state index contributed by atoms with van der Waals surface area (Å²) in [5.41, 5.74) is 0.255. The summed E-state index contributed by atoms with van der Waals surface area (Å²) in [5.74, 6) is -0.527. The zero-order valence-corrected chi connectivity index (χ0v) is 12.2. The predicted molar refractivity (Wildman–Crippen MR) is 80.9 cm³/mol. The van der Waals surface area contributed by atoms with Crippen LogP contribution in [0.5, 0.6) is 0 Å². The Morgan fingerprint density at radius 2 is 2.22 bits per heavy atom. The summed E-state index contributed by atoms with van der Waals surface area (Å²) in [4.78, 5) is 47.6. The Morgan fingerprint density at radius 3 is 2.96 bits per heavy atom. The van der Waals surface area contributed by atoms with E-state index in [0.717, 1.165) is 0 Å². The van der Waals surface area contributed by atoms with Crippen LogP contribution in [0.2, 0.25) is 0 Å². The number of nitrogens with one attached hydrogen (secondary N) is 2. The van der Waals surface area contributed by atoms with Gasteiger partial charge in [-0.3, -0.25) is 19.4 Å². The zero-order chi connectivity index (χ0) is 16.2. The van der Waals surface area contributed by atoms with Crippen molar-refractivity contribution >= 4 is 11.8 Å². The highest BCUT2D eigenvalue weighted by molar-refractivity contribution is 5.94. The molecule has 0 aromatic carbocycles. The van der Waals surface area contributed by atoms with E-state index in [9.17, 15) is 14.4 Å². The van der Waals surface area contributed by atoms with Gasteiger partial charge in [-0.1, -0.05) is 0 Å². The van der Waals surface area contributed by atoms with E-state index in [4.69, 9.17) is 0 Å². The van der Waals surface area contributed by atoms with E-state index in [2.05, 4.69) is 20.3 Å². The van der Waals surface area contributed by atoms with Crippen molar-refractivity contribution in [2.45, 2.75) is 12.5 Å². The molecule has 2 N–H and O–H groups in total. The second-order valence-electron chi connectivity index (χ2n) is 5.24. The number of amides is 2. The topological polar surface area (TPSA) is 108 Å². The van der Waals surface area contributed by atoms with Crippen LogP contribution < -0.4 is 10.9 Å². The van der Waals surface area contributed by atoms with Crippen LogP contribution in [0.25, 0.3) is 0 Å².